The van der Waals surface area contributed by atoms with E-state index in [-0.39, 0.29) is 5.56 Å². The van der Waals surface area contributed by atoms with Crippen LogP contribution in [0.5, 0.6) is 0 Å². The molecule has 0 aliphatic rings. The van der Waals surface area contributed by atoms with Crippen LogP contribution in [-0.2, 0) is 6.18 Å². The zero-order chi connectivity index (χ0) is 17.9. The molecule has 0 aliphatic carbocycles. The zero-order valence-corrected chi connectivity index (χ0v) is 12.1. The maximum absolute atomic E-state index is 13.5. The van der Waals surface area contributed by atoms with Gasteiger partial charge in [-0.15, -0.1) is 0 Å². The first-order chi connectivity index (χ1) is 11.2. The van der Waals surface area contributed by atoms with Crippen LogP contribution in [0.3, 0.4) is 0 Å². The predicted molar refractivity (Wildman–Crippen MR) is 75.1 cm³/mol. The molecule has 3 nitrogen and oxygen atoms in total. The third-order valence-electron chi connectivity index (χ3n) is 3.25. The van der Waals surface area contributed by atoms with Gasteiger partial charge in [0.25, 0.3) is 5.91 Å². The van der Waals surface area contributed by atoms with Gasteiger partial charge in [-0.05, 0) is 24.3 Å². The normalized spacial score (nSPS) is 12.8. The maximum atomic E-state index is 13.5. The molecule has 24 heavy (non-hydrogen) atoms. The van der Waals surface area contributed by atoms with E-state index in [1.807, 2.05) is 0 Å². The van der Waals surface area contributed by atoms with E-state index >= 15 is 0 Å². The van der Waals surface area contributed by atoms with Crippen molar-refractivity contribution < 1.29 is 31.9 Å². The highest BCUT2D eigenvalue weighted by molar-refractivity contribution is 5.94. The number of hydrogen-bond donors (Lipinski definition) is 2. The number of rotatable bonds is 4. The molecule has 0 spiro atoms. The first kappa shape index (κ1) is 17.9. The number of alkyl halides is 3. The minimum absolute atomic E-state index is 0.0621. The molecule has 0 saturated heterocycles. The highest BCUT2D eigenvalue weighted by Crippen LogP contribution is 2.31. The van der Waals surface area contributed by atoms with Crippen LogP contribution >= 0.6 is 0 Å². The van der Waals surface area contributed by atoms with Crippen molar-refractivity contribution in [3.63, 3.8) is 0 Å². The van der Waals surface area contributed by atoms with Gasteiger partial charge in [-0.25, -0.2) is 8.78 Å². The molecule has 0 radical (unpaired) electrons. The molecule has 0 aromatic heterocycles. The third-order valence-corrected chi connectivity index (χ3v) is 3.25. The summed E-state index contributed by atoms with van der Waals surface area (Å²) in [4.78, 5) is 11.9. The Labute approximate surface area is 133 Å². The Morgan fingerprint density at radius 2 is 1.75 bits per heavy atom. The standard InChI is InChI=1S/C16H12F5NO2/c17-12-4-2-1-3-10(12)14(23)8-22-15(24)9-5-6-13(18)11(7-9)16(19,20)21/h1-7,14,23H,8H2,(H,22,24). The molecule has 0 aliphatic heterocycles. The lowest BCUT2D eigenvalue weighted by Crippen LogP contribution is -2.29. The quantitative estimate of drug-likeness (QED) is 0.834. The van der Waals surface area contributed by atoms with Crippen LogP contribution in [0, 0.1) is 11.6 Å². The lowest BCUT2D eigenvalue weighted by atomic mass is 10.1. The second-order valence-electron chi connectivity index (χ2n) is 4.94. The van der Waals surface area contributed by atoms with Gasteiger partial charge >= 0.3 is 6.18 Å². The molecular formula is C16H12F5NO2. The molecule has 0 fully saturated rings. The minimum atomic E-state index is -4.94. The van der Waals surface area contributed by atoms with E-state index in [9.17, 15) is 31.9 Å². The van der Waals surface area contributed by atoms with Crippen molar-refractivity contribution in [3.05, 3.63) is 70.8 Å². The Kier molecular flexibility index (Phi) is 5.18. The smallest absolute Gasteiger partial charge is 0.386 e. The van der Waals surface area contributed by atoms with Crippen molar-refractivity contribution in [2.75, 3.05) is 6.54 Å². The Morgan fingerprint density at radius 3 is 2.38 bits per heavy atom. The van der Waals surface area contributed by atoms with Gasteiger partial charge < -0.3 is 10.4 Å². The highest BCUT2D eigenvalue weighted by Gasteiger charge is 2.34. The molecule has 2 aromatic rings. The van der Waals surface area contributed by atoms with E-state index in [1.165, 1.54) is 18.2 Å². The summed E-state index contributed by atoms with van der Waals surface area (Å²) in [5.41, 5.74) is -2.05. The topological polar surface area (TPSA) is 49.3 Å². The number of aliphatic hydroxyl groups excluding tert-OH is 1. The average Bonchev–Trinajstić information content (AvgIpc) is 2.52. The van der Waals surface area contributed by atoms with Crippen LogP contribution in [0.1, 0.15) is 27.6 Å². The number of aliphatic hydroxyl groups is 1. The number of nitrogens with one attached hydrogen (secondary N) is 1. The molecule has 1 unspecified atom stereocenters. The van der Waals surface area contributed by atoms with E-state index < -0.39 is 47.5 Å². The van der Waals surface area contributed by atoms with Crippen molar-refractivity contribution in [1.29, 1.82) is 0 Å². The van der Waals surface area contributed by atoms with Gasteiger partial charge in [0.15, 0.2) is 0 Å². The second-order valence-corrected chi connectivity index (χ2v) is 4.94. The summed E-state index contributed by atoms with van der Waals surface area (Å²) < 4.78 is 64.5. The number of amides is 1. The van der Waals surface area contributed by atoms with E-state index in [2.05, 4.69) is 5.32 Å². The van der Waals surface area contributed by atoms with Crippen LogP contribution < -0.4 is 5.32 Å². The summed E-state index contributed by atoms with van der Waals surface area (Å²) in [6.07, 6.45) is -6.31. The van der Waals surface area contributed by atoms with Crippen molar-refractivity contribution in [1.82, 2.24) is 5.32 Å². The van der Waals surface area contributed by atoms with Crippen molar-refractivity contribution in [2.45, 2.75) is 12.3 Å². The molecule has 8 heteroatoms. The zero-order valence-electron chi connectivity index (χ0n) is 12.1. The second kappa shape index (κ2) is 6.96. The van der Waals surface area contributed by atoms with Gasteiger partial charge in [-0.1, -0.05) is 18.2 Å². The van der Waals surface area contributed by atoms with Gasteiger partial charge in [0.1, 0.15) is 11.6 Å². The van der Waals surface area contributed by atoms with E-state index in [0.717, 1.165) is 12.1 Å². The molecule has 128 valence electrons. The molecule has 0 heterocycles. The number of hydrogen-bond acceptors (Lipinski definition) is 2. The summed E-state index contributed by atoms with van der Waals surface area (Å²) in [5.74, 6) is -3.12. The van der Waals surface area contributed by atoms with Crippen molar-refractivity contribution >= 4 is 5.91 Å². The fraction of sp³-hybridized carbons (Fsp3) is 0.188. The molecule has 0 bridgehead atoms. The summed E-state index contributed by atoms with van der Waals surface area (Å²) in [6.45, 7) is -0.418. The molecule has 2 aromatic carbocycles. The number of carbonyl (C=O) groups is 1. The van der Waals surface area contributed by atoms with Crippen molar-refractivity contribution in [2.24, 2.45) is 0 Å². The maximum Gasteiger partial charge on any atom is 0.419 e. The average molecular weight is 345 g/mol. The van der Waals surface area contributed by atoms with Crippen LogP contribution in [0.15, 0.2) is 42.5 Å². The summed E-state index contributed by atoms with van der Waals surface area (Å²) >= 11 is 0. The molecule has 1 atom stereocenters. The summed E-state index contributed by atoms with van der Waals surface area (Å²) in [7, 11) is 0. The fourth-order valence-electron chi connectivity index (χ4n) is 2.03. The van der Waals surface area contributed by atoms with Crippen LogP contribution in [0.2, 0.25) is 0 Å². The largest absolute Gasteiger partial charge is 0.419 e. The number of halogens is 5. The van der Waals surface area contributed by atoms with Crippen molar-refractivity contribution in [3.8, 4) is 0 Å². The Morgan fingerprint density at radius 1 is 1.08 bits per heavy atom. The van der Waals surface area contributed by atoms with Gasteiger partial charge in [0.2, 0.25) is 0 Å². The SMILES string of the molecule is O=C(NCC(O)c1ccccc1F)c1ccc(F)c(C(F)(F)F)c1. The molecule has 0 saturated carbocycles. The Balaban J connectivity index is 2.09. The summed E-state index contributed by atoms with van der Waals surface area (Å²) in [6, 6.07) is 7.13. The molecule has 2 N–H and O–H groups in total. The van der Waals surface area contributed by atoms with Crippen LogP contribution in [0.25, 0.3) is 0 Å². The number of benzene rings is 2. The number of carbonyl (C=O) groups excluding carboxylic acids is 1. The first-order valence-electron chi connectivity index (χ1n) is 6.77. The Bertz CT molecular complexity index is 745. The first-order valence-corrected chi connectivity index (χ1v) is 6.77. The van der Waals surface area contributed by atoms with Gasteiger partial charge in [0, 0.05) is 17.7 Å². The lowest BCUT2D eigenvalue weighted by molar-refractivity contribution is -0.140. The molecule has 2 rings (SSSR count). The third kappa shape index (κ3) is 4.08. The van der Waals surface area contributed by atoms with Crippen LogP contribution in [-0.4, -0.2) is 17.6 Å². The van der Waals surface area contributed by atoms with Crippen LogP contribution in [0.4, 0.5) is 22.0 Å². The highest BCUT2D eigenvalue weighted by atomic mass is 19.4. The Hall–Kier alpha value is -2.48. The monoisotopic (exact) mass is 345 g/mol. The predicted octanol–water partition coefficient (Wildman–Crippen LogP) is 3.45. The molecule has 1 amide bonds. The lowest BCUT2D eigenvalue weighted by Gasteiger charge is -2.14. The van der Waals surface area contributed by atoms with Gasteiger partial charge in [-0.3, -0.25) is 4.79 Å². The summed E-state index contributed by atoms with van der Waals surface area (Å²) in [5, 5.41) is 12.0. The van der Waals surface area contributed by atoms with Gasteiger partial charge in [-0.2, -0.15) is 13.2 Å². The fourth-order valence-corrected chi connectivity index (χ4v) is 2.03. The van der Waals surface area contributed by atoms with Gasteiger partial charge in [0.05, 0.1) is 11.7 Å². The van der Waals surface area contributed by atoms with E-state index in [4.69, 9.17) is 0 Å². The van der Waals surface area contributed by atoms with E-state index in [1.54, 1.807) is 0 Å². The minimum Gasteiger partial charge on any atom is -0.386 e. The molecular weight excluding hydrogens is 333 g/mol. The van der Waals surface area contributed by atoms with E-state index in [0.29, 0.717) is 12.1 Å².